The van der Waals surface area contributed by atoms with Crippen molar-refractivity contribution in [2.45, 2.75) is 32.2 Å². The summed E-state index contributed by atoms with van der Waals surface area (Å²) < 4.78 is 0. The van der Waals surface area contributed by atoms with Crippen LogP contribution in [-0.4, -0.2) is 10.2 Å². The van der Waals surface area contributed by atoms with Gasteiger partial charge in [0.05, 0.1) is 0 Å². The van der Waals surface area contributed by atoms with Crippen molar-refractivity contribution >= 4 is 33.4 Å². The summed E-state index contributed by atoms with van der Waals surface area (Å²) in [7, 11) is 1.31. The van der Waals surface area contributed by atoms with Crippen LogP contribution < -0.4 is 0 Å². The number of hydrogen-bond donors (Lipinski definition) is 0. The average molecular weight is 197 g/mol. The Morgan fingerprint density at radius 1 is 1.00 bits per heavy atom. The fourth-order valence-corrected chi connectivity index (χ4v) is 1.29. The molecule has 0 bridgehead atoms. The van der Waals surface area contributed by atoms with Crippen LogP contribution in [0.15, 0.2) is 10.1 Å². The second kappa shape index (κ2) is 6.26. The van der Waals surface area contributed by atoms with E-state index in [9.17, 15) is 0 Å². The van der Waals surface area contributed by atoms with Crippen molar-refractivity contribution in [3.8, 4) is 0 Å². The minimum atomic E-state index is 0.873. The van der Waals surface area contributed by atoms with E-state index in [4.69, 9.17) is 23.2 Å². The molecule has 60 valence electrons. The molecule has 0 unspecified atom stereocenters. The van der Waals surface area contributed by atoms with Gasteiger partial charge in [-0.1, -0.05) is 29.7 Å². The van der Waals surface area contributed by atoms with Gasteiger partial charge in [0, 0.05) is 10.1 Å². The summed E-state index contributed by atoms with van der Waals surface area (Å²) in [6.07, 6.45) is 4.38. The highest BCUT2D eigenvalue weighted by Crippen LogP contribution is 2.29. The highest BCUT2D eigenvalue weighted by Gasteiger charge is 2.06. The predicted octanol–water partition coefficient (Wildman–Crippen LogP) is 2.65. The van der Waals surface area contributed by atoms with Gasteiger partial charge in [-0.05, 0) is 35.9 Å². The minimum absolute atomic E-state index is 0.873. The van der Waals surface area contributed by atoms with E-state index in [-0.39, 0.29) is 0 Å². The number of rotatable bonds is 0. The molecule has 0 N–H and O–H groups in total. The molecular weight excluding hydrogens is 183 g/mol. The third-order valence-corrected chi connectivity index (χ3v) is 2.27. The molecule has 0 fully saturated rings. The molecule has 3 heteroatoms. The third-order valence-electron chi connectivity index (χ3n) is 1.34. The topological polar surface area (TPSA) is 0 Å². The lowest BCUT2D eigenvalue weighted by atomic mass is 10.1. The molecule has 1 rings (SSSR count). The van der Waals surface area contributed by atoms with Gasteiger partial charge in [-0.3, -0.25) is 0 Å². The Balaban J connectivity index is 0.000000371. The van der Waals surface area contributed by atoms with E-state index in [1.807, 2.05) is 0 Å². The maximum atomic E-state index is 5.71. The van der Waals surface area contributed by atoms with E-state index >= 15 is 0 Å². The molecule has 0 aromatic heterocycles. The SMILES string of the molecule is C[SiH3].ClC1=C(Cl)CCCC1. The van der Waals surface area contributed by atoms with Crippen molar-refractivity contribution in [1.29, 1.82) is 0 Å². The lowest BCUT2D eigenvalue weighted by molar-refractivity contribution is 0.713. The van der Waals surface area contributed by atoms with Crippen LogP contribution in [0.25, 0.3) is 0 Å². The highest BCUT2D eigenvalue weighted by molar-refractivity contribution is 6.39. The zero-order valence-electron chi connectivity index (χ0n) is 6.58. The lowest BCUT2D eigenvalue weighted by Crippen LogP contribution is -1.88. The van der Waals surface area contributed by atoms with E-state index in [0.717, 1.165) is 22.9 Å². The summed E-state index contributed by atoms with van der Waals surface area (Å²) in [5, 5.41) is 1.75. The van der Waals surface area contributed by atoms with Gasteiger partial charge < -0.3 is 0 Å². The van der Waals surface area contributed by atoms with Crippen molar-refractivity contribution in [2.24, 2.45) is 0 Å². The van der Waals surface area contributed by atoms with E-state index in [1.54, 1.807) is 0 Å². The summed E-state index contributed by atoms with van der Waals surface area (Å²) in [5.41, 5.74) is 0. The fourth-order valence-electron chi connectivity index (χ4n) is 0.832. The smallest absolute Gasteiger partial charge is 0.0325 e. The normalized spacial score (nSPS) is 18.3. The van der Waals surface area contributed by atoms with Gasteiger partial charge in [-0.2, -0.15) is 0 Å². The molecule has 0 radical (unpaired) electrons. The molecule has 1 aliphatic rings. The summed E-state index contributed by atoms with van der Waals surface area (Å²) in [5.74, 6) is 0. The maximum absolute atomic E-state index is 5.71. The summed E-state index contributed by atoms with van der Waals surface area (Å²) in [6, 6.07) is 0. The Morgan fingerprint density at radius 3 is 1.50 bits per heavy atom. The molecule has 10 heavy (non-hydrogen) atoms. The molecule has 0 saturated heterocycles. The van der Waals surface area contributed by atoms with Crippen molar-refractivity contribution in [2.75, 3.05) is 0 Å². The Labute approximate surface area is 76.0 Å². The van der Waals surface area contributed by atoms with Crippen LogP contribution >= 0.6 is 23.2 Å². The minimum Gasteiger partial charge on any atom is -0.0879 e. The van der Waals surface area contributed by atoms with Crippen LogP contribution in [0.3, 0.4) is 0 Å². The van der Waals surface area contributed by atoms with E-state index in [2.05, 4.69) is 6.55 Å². The standard InChI is InChI=1S/C6H8Cl2.CH6Si/c7-5-3-1-2-4-6(5)8;1-2/h1-4H2;1-2H3. The molecule has 0 aliphatic heterocycles. The molecule has 0 amide bonds. The quantitative estimate of drug-likeness (QED) is 0.524. The van der Waals surface area contributed by atoms with Crippen LogP contribution in [-0.2, 0) is 0 Å². The first kappa shape index (κ1) is 10.5. The maximum Gasteiger partial charge on any atom is 0.0325 e. The van der Waals surface area contributed by atoms with Gasteiger partial charge in [0.15, 0.2) is 0 Å². The molecule has 0 saturated carbocycles. The molecule has 0 aromatic rings. The number of hydrogen-bond acceptors (Lipinski definition) is 0. The van der Waals surface area contributed by atoms with Gasteiger partial charge >= 0.3 is 0 Å². The zero-order chi connectivity index (χ0) is 7.98. The fraction of sp³-hybridized carbons (Fsp3) is 0.714. The van der Waals surface area contributed by atoms with Crippen LogP contribution in [0, 0.1) is 0 Å². The molecular formula is C7H14Cl2Si. The Hall–Kier alpha value is 0.537. The Kier molecular flexibility index (Phi) is 6.60. The largest absolute Gasteiger partial charge is 0.0879 e. The van der Waals surface area contributed by atoms with E-state index < -0.39 is 0 Å². The summed E-state index contributed by atoms with van der Waals surface area (Å²) >= 11 is 11.4. The highest BCUT2D eigenvalue weighted by atomic mass is 35.5. The lowest BCUT2D eigenvalue weighted by Gasteiger charge is -2.08. The summed E-state index contributed by atoms with van der Waals surface area (Å²) in [6.45, 7) is 2.14. The first-order valence-electron chi connectivity index (χ1n) is 3.84. The van der Waals surface area contributed by atoms with Gasteiger partial charge in [0.25, 0.3) is 0 Å². The van der Waals surface area contributed by atoms with E-state index in [0.29, 0.717) is 0 Å². The van der Waals surface area contributed by atoms with Crippen molar-refractivity contribution in [3.63, 3.8) is 0 Å². The second-order valence-corrected chi connectivity index (χ2v) is 2.93. The van der Waals surface area contributed by atoms with Crippen LogP contribution in [0.5, 0.6) is 0 Å². The summed E-state index contributed by atoms with van der Waals surface area (Å²) in [4.78, 5) is 0. The van der Waals surface area contributed by atoms with Crippen molar-refractivity contribution in [3.05, 3.63) is 10.1 Å². The van der Waals surface area contributed by atoms with Crippen LogP contribution in [0.4, 0.5) is 0 Å². The second-order valence-electron chi connectivity index (χ2n) is 2.02. The zero-order valence-corrected chi connectivity index (χ0v) is 10.1. The third kappa shape index (κ3) is 3.64. The predicted molar refractivity (Wildman–Crippen MR) is 53.0 cm³/mol. The monoisotopic (exact) mass is 196 g/mol. The number of halogens is 2. The van der Waals surface area contributed by atoms with Gasteiger partial charge in [0.2, 0.25) is 0 Å². The molecule has 0 aromatic carbocycles. The van der Waals surface area contributed by atoms with Gasteiger partial charge in [-0.15, -0.1) is 0 Å². The van der Waals surface area contributed by atoms with Gasteiger partial charge in [0.1, 0.15) is 0 Å². The van der Waals surface area contributed by atoms with Crippen molar-refractivity contribution < 1.29 is 0 Å². The van der Waals surface area contributed by atoms with Crippen LogP contribution in [0.2, 0.25) is 6.55 Å². The molecule has 0 heterocycles. The molecule has 0 spiro atoms. The average Bonchev–Trinajstić information content (AvgIpc) is 2.00. The van der Waals surface area contributed by atoms with Gasteiger partial charge in [-0.25, -0.2) is 0 Å². The Morgan fingerprint density at radius 2 is 1.30 bits per heavy atom. The van der Waals surface area contributed by atoms with Crippen molar-refractivity contribution in [1.82, 2.24) is 0 Å². The molecule has 0 nitrogen and oxygen atoms in total. The first-order valence-corrected chi connectivity index (χ1v) is 6.59. The molecule has 1 aliphatic carbocycles. The molecule has 0 atom stereocenters. The van der Waals surface area contributed by atoms with E-state index in [1.165, 1.54) is 23.1 Å². The first-order chi connectivity index (χ1) is 4.80. The van der Waals surface area contributed by atoms with Crippen LogP contribution in [0.1, 0.15) is 25.7 Å². The Bertz CT molecular complexity index is 107. The number of allylic oxidation sites excluding steroid dienone is 2.